The fourth-order valence-corrected chi connectivity index (χ4v) is 4.15. The highest BCUT2D eigenvalue weighted by molar-refractivity contribution is 5.81. The van der Waals surface area contributed by atoms with Gasteiger partial charge < -0.3 is 10.0 Å². The number of amides is 1. The first-order chi connectivity index (χ1) is 14.6. The Morgan fingerprint density at radius 1 is 0.967 bits per heavy atom. The maximum absolute atomic E-state index is 13.1. The van der Waals surface area contributed by atoms with Crippen LogP contribution in [0.2, 0.25) is 0 Å². The van der Waals surface area contributed by atoms with Gasteiger partial charge in [0.1, 0.15) is 11.9 Å². The number of benzene rings is 3. The van der Waals surface area contributed by atoms with Gasteiger partial charge in [-0.25, -0.2) is 4.39 Å². The number of halogens is 1. The Balaban J connectivity index is 1.53. The van der Waals surface area contributed by atoms with Crippen molar-refractivity contribution in [3.05, 3.63) is 95.8 Å². The number of aliphatic hydroxyl groups excluding tert-OH is 1. The summed E-state index contributed by atoms with van der Waals surface area (Å²) >= 11 is 0. The molecule has 150 valence electrons. The molecule has 1 N–H and O–H groups in total. The summed E-state index contributed by atoms with van der Waals surface area (Å²) in [5, 5.41) is 19.7. The highest BCUT2D eigenvalue weighted by Crippen LogP contribution is 2.41. The number of carbonyl (C=O) groups excluding carboxylic acids is 1. The van der Waals surface area contributed by atoms with E-state index in [4.69, 9.17) is 0 Å². The summed E-state index contributed by atoms with van der Waals surface area (Å²) in [5.74, 6) is -0.694. The molecule has 3 aromatic rings. The summed E-state index contributed by atoms with van der Waals surface area (Å²) in [6, 6.07) is 24.5. The third kappa shape index (κ3) is 3.70. The van der Waals surface area contributed by atoms with Crippen molar-refractivity contribution in [2.24, 2.45) is 0 Å². The van der Waals surface area contributed by atoms with Crippen molar-refractivity contribution in [1.82, 2.24) is 4.90 Å². The van der Waals surface area contributed by atoms with Crippen LogP contribution in [-0.2, 0) is 11.2 Å². The van der Waals surface area contributed by atoms with Crippen LogP contribution in [0.1, 0.15) is 17.0 Å². The van der Waals surface area contributed by atoms with Gasteiger partial charge in [0.15, 0.2) is 0 Å². The normalized spacial score (nSPS) is 20.3. The van der Waals surface area contributed by atoms with Crippen molar-refractivity contribution in [2.75, 3.05) is 6.61 Å². The van der Waals surface area contributed by atoms with E-state index in [9.17, 15) is 19.6 Å². The zero-order valence-corrected chi connectivity index (χ0v) is 16.3. The molecule has 0 unspecified atom stereocenters. The third-order valence-corrected chi connectivity index (χ3v) is 5.69. The summed E-state index contributed by atoms with van der Waals surface area (Å²) in [4.78, 5) is 14.3. The first-order valence-electron chi connectivity index (χ1n) is 9.84. The van der Waals surface area contributed by atoms with E-state index in [2.05, 4.69) is 6.07 Å². The van der Waals surface area contributed by atoms with Crippen LogP contribution in [0.5, 0.6) is 0 Å². The molecule has 1 heterocycles. The molecule has 1 amide bonds. The minimum atomic E-state index is -0.616. The lowest BCUT2D eigenvalue weighted by molar-refractivity contribution is -0.146. The lowest BCUT2D eigenvalue weighted by atomic mass is 9.75. The second kappa shape index (κ2) is 8.48. The molecule has 0 radical (unpaired) electrons. The molecule has 1 aliphatic rings. The first-order valence-corrected chi connectivity index (χ1v) is 9.84. The number of nitriles is 1. The lowest BCUT2D eigenvalue weighted by Crippen LogP contribution is -2.65. The van der Waals surface area contributed by atoms with Gasteiger partial charge >= 0.3 is 0 Å². The Morgan fingerprint density at radius 2 is 1.57 bits per heavy atom. The van der Waals surface area contributed by atoms with Gasteiger partial charge in [-0.3, -0.25) is 4.79 Å². The van der Waals surface area contributed by atoms with Crippen LogP contribution in [0.4, 0.5) is 4.39 Å². The molecule has 1 aliphatic heterocycles. The molecule has 4 nitrogen and oxygen atoms in total. The third-order valence-electron chi connectivity index (χ3n) is 5.69. The molecule has 0 aliphatic carbocycles. The summed E-state index contributed by atoms with van der Waals surface area (Å²) in [6.07, 6.45) is 0.200. The lowest BCUT2D eigenvalue weighted by Gasteiger charge is -2.51. The first kappa shape index (κ1) is 19.8. The standard InChI is InChI=1S/C25H21FN2O2/c26-21-12-10-19(11-13-21)18-6-8-20(9-7-18)25-22(15-27)28(23(25)16-29)24(30)14-17-4-2-1-3-5-17/h1-13,22-23,25,29H,14,16H2/t22-,23-,25-/m1/s1. The number of carbonyl (C=O) groups is 1. The Labute approximate surface area is 174 Å². The number of aliphatic hydroxyl groups is 1. The molecule has 1 saturated heterocycles. The zero-order chi connectivity index (χ0) is 21.1. The quantitative estimate of drug-likeness (QED) is 0.706. The van der Waals surface area contributed by atoms with E-state index in [-0.39, 0.29) is 30.7 Å². The number of rotatable bonds is 5. The van der Waals surface area contributed by atoms with Gasteiger partial charge in [0.05, 0.1) is 25.1 Å². The second-order valence-corrected chi connectivity index (χ2v) is 7.44. The fourth-order valence-electron chi connectivity index (χ4n) is 4.15. The summed E-state index contributed by atoms with van der Waals surface area (Å²) < 4.78 is 13.1. The summed E-state index contributed by atoms with van der Waals surface area (Å²) in [6.45, 7) is -0.205. The Morgan fingerprint density at radius 3 is 2.13 bits per heavy atom. The van der Waals surface area contributed by atoms with Crippen LogP contribution in [0.15, 0.2) is 78.9 Å². The van der Waals surface area contributed by atoms with E-state index >= 15 is 0 Å². The largest absolute Gasteiger partial charge is 0.394 e. The highest BCUT2D eigenvalue weighted by atomic mass is 19.1. The van der Waals surface area contributed by atoms with Crippen molar-refractivity contribution in [2.45, 2.75) is 24.4 Å². The topological polar surface area (TPSA) is 64.3 Å². The second-order valence-electron chi connectivity index (χ2n) is 7.44. The van der Waals surface area contributed by atoms with Crippen molar-refractivity contribution >= 4 is 5.91 Å². The monoisotopic (exact) mass is 400 g/mol. The molecule has 0 bridgehead atoms. The van der Waals surface area contributed by atoms with Crippen molar-refractivity contribution < 1.29 is 14.3 Å². The van der Waals surface area contributed by atoms with Crippen molar-refractivity contribution in [1.29, 1.82) is 5.26 Å². The number of hydrogen-bond donors (Lipinski definition) is 1. The van der Waals surface area contributed by atoms with Crippen molar-refractivity contribution in [3.63, 3.8) is 0 Å². The molecule has 3 aromatic carbocycles. The van der Waals surface area contributed by atoms with E-state index in [0.717, 1.165) is 22.3 Å². The molecular weight excluding hydrogens is 379 g/mol. The fraction of sp³-hybridized carbons (Fsp3) is 0.200. The van der Waals surface area contributed by atoms with Crippen LogP contribution >= 0.6 is 0 Å². The molecule has 0 saturated carbocycles. The predicted octanol–water partition coefficient (Wildman–Crippen LogP) is 3.91. The zero-order valence-electron chi connectivity index (χ0n) is 16.3. The molecular formula is C25H21FN2O2. The molecule has 1 fully saturated rings. The number of hydrogen-bond acceptors (Lipinski definition) is 3. The Hall–Kier alpha value is -3.49. The minimum Gasteiger partial charge on any atom is -0.394 e. The van der Waals surface area contributed by atoms with Gasteiger partial charge in [0.2, 0.25) is 5.91 Å². The molecule has 0 aromatic heterocycles. The minimum absolute atomic E-state index is 0.161. The average molecular weight is 400 g/mol. The molecule has 30 heavy (non-hydrogen) atoms. The maximum Gasteiger partial charge on any atom is 0.228 e. The molecule has 4 rings (SSSR count). The van der Waals surface area contributed by atoms with Gasteiger partial charge in [-0.1, -0.05) is 66.7 Å². The van der Waals surface area contributed by atoms with E-state index in [1.54, 1.807) is 12.1 Å². The van der Waals surface area contributed by atoms with Crippen LogP contribution < -0.4 is 0 Å². The van der Waals surface area contributed by atoms with Crippen molar-refractivity contribution in [3.8, 4) is 17.2 Å². The van der Waals surface area contributed by atoms with Gasteiger partial charge in [-0.2, -0.15) is 5.26 Å². The van der Waals surface area contributed by atoms with Gasteiger partial charge in [0.25, 0.3) is 0 Å². The average Bonchev–Trinajstić information content (AvgIpc) is 2.75. The molecule has 3 atom stereocenters. The van der Waals surface area contributed by atoms with E-state index in [1.165, 1.54) is 17.0 Å². The Kier molecular flexibility index (Phi) is 5.60. The summed E-state index contributed by atoms with van der Waals surface area (Å²) in [5.41, 5.74) is 3.61. The van der Waals surface area contributed by atoms with Crippen LogP contribution in [0, 0.1) is 17.1 Å². The molecule has 5 heteroatoms. The number of nitrogens with zero attached hydrogens (tertiary/aromatic N) is 2. The van der Waals surface area contributed by atoms with E-state index in [0.29, 0.717) is 0 Å². The van der Waals surface area contributed by atoms with Gasteiger partial charge in [-0.15, -0.1) is 0 Å². The maximum atomic E-state index is 13.1. The Bertz CT molecular complexity index is 1060. The SMILES string of the molecule is N#C[C@@H]1[C@@H](c2ccc(-c3ccc(F)cc3)cc2)[C@@H](CO)N1C(=O)Cc1ccccc1. The van der Waals surface area contributed by atoms with Crippen LogP contribution in [-0.4, -0.2) is 34.6 Å². The van der Waals surface area contributed by atoms with Gasteiger partial charge in [0, 0.05) is 5.92 Å². The molecule has 0 spiro atoms. The van der Waals surface area contributed by atoms with E-state index < -0.39 is 12.1 Å². The van der Waals surface area contributed by atoms with E-state index in [1.807, 2.05) is 54.6 Å². The van der Waals surface area contributed by atoms with Crippen LogP contribution in [0.25, 0.3) is 11.1 Å². The predicted molar refractivity (Wildman–Crippen MR) is 112 cm³/mol. The summed E-state index contributed by atoms with van der Waals surface area (Å²) in [7, 11) is 0. The smallest absolute Gasteiger partial charge is 0.228 e. The van der Waals surface area contributed by atoms with Gasteiger partial charge in [-0.05, 0) is 34.4 Å². The number of likely N-dealkylation sites (tertiary alicyclic amines) is 1. The highest BCUT2D eigenvalue weighted by Gasteiger charge is 2.51. The van der Waals surface area contributed by atoms with Crippen LogP contribution in [0.3, 0.4) is 0 Å².